The van der Waals surface area contributed by atoms with Crippen LogP contribution < -0.4 is 10.2 Å². The maximum Gasteiger partial charge on any atom is 0.266 e. The molecule has 0 unspecified atom stereocenters. The first-order valence-corrected chi connectivity index (χ1v) is 7.02. The summed E-state index contributed by atoms with van der Waals surface area (Å²) < 4.78 is 0. The smallest absolute Gasteiger partial charge is 0.266 e. The lowest BCUT2D eigenvalue weighted by atomic mass is 10.1. The van der Waals surface area contributed by atoms with Crippen LogP contribution in [0.1, 0.15) is 27.6 Å². The van der Waals surface area contributed by atoms with Crippen LogP contribution >= 0.6 is 11.6 Å². The predicted molar refractivity (Wildman–Crippen MR) is 83.2 cm³/mol. The normalized spacial score (nSPS) is 13.5. The van der Waals surface area contributed by atoms with E-state index in [4.69, 9.17) is 11.6 Å². The number of carbonyl (C=O) groups is 2. The number of benzene rings is 2. The second-order valence-corrected chi connectivity index (χ2v) is 5.12. The molecule has 106 valence electrons. The Morgan fingerprint density at radius 2 is 1.67 bits per heavy atom. The van der Waals surface area contributed by atoms with Crippen molar-refractivity contribution in [3.8, 4) is 0 Å². The maximum atomic E-state index is 12.5. The van der Waals surface area contributed by atoms with Crippen molar-refractivity contribution in [2.24, 2.45) is 0 Å². The van der Waals surface area contributed by atoms with Gasteiger partial charge in [-0.25, -0.2) is 4.90 Å². The number of nitrogens with one attached hydrogen (secondary N) is 1. The van der Waals surface area contributed by atoms with Crippen LogP contribution in [0.3, 0.4) is 0 Å². The molecule has 2 aromatic carbocycles. The Labute approximate surface area is 127 Å². The summed E-state index contributed by atoms with van der Waals surface area (Å²) in [5.74, 6) is -0.644. The van der Waals surface area contributed by atoms with Gasteiger partial charge in [0.1, 0.15) is 0 Å². The molecule has 0 spiro atoms. The summed E-state index contributed by atoms with van der Waals surface area (Å²) in [5.41, 5.74) is 2.03. The monoisotopic (exact) mass is 300 g/mol. The Hall–Kier alpha value is -2.33. The molecule has 1 aliphatic rings. The molecule has 2 aromatic rings. The van der Waals surface area contributed by atoms with Crippen molar-refractivity contribution < 1.29 is 9.59 Å². The van der Waals surface area contributed by atoms with Crippen molar-refractivity contribution in [1.29, 1.82) is 0 Å². The molecule has 0 saturated heterocycles. The van der Waals surface area contributed by atoms with Gasteiger partial charge in [0.2, 0.25) is 0 Å². The molecular formula is C16H13ClN2O2. The highest BCUT2D eigenvalue weighted by molar-refractivity contribution is 6.36. The standard InChI is InChI=1S/C16H13ClN2O2/c1-2-18-13-8-7-10(17)9-14(13)19-15(20)11-5-3-4-6-12(11)16(19)21/h3-9,18H,2H2,1H3. The van der Waals surface area contributed by atoms with E-state index in [1.807, 2.05) is 6.92 Å². The predicted octanol–water partition coefficient (Wildman–Crippen LogP) is 3.57. The van der Waals surface area contributed by atoms with Gasteiger partial charge in [-0.15, -0.1) is 0 Å². The minimum Gasteiger partial charge on any atom is -0.384 e. The Morgan fingerprint density at radius 1 is 1.05 bits per heavy atom. The molecule has 0 fully saturated rings. The second kappa shape index (κ2) is 5.22. The summed E-state index contributed by atoms with van der Waals surface area (Å²) in [6.07, 6.45) is 0. The van der Waals surface area contributed by atoms with Crippen LogP contribution in [0.15, 0.2) is 42.5 Å². The van der Waals surface area contributed by atoms with Gasteiger partial charge in [0, 0.05) is 11.6 Å². The topological polar surface area (TPSA) is 49.4 Å². The molecule has 1 heterocycles. The molecule has 1 aliphatic heterocycles. The van der Waals surface area contributed by atoms with E-state index in [9.17, 15) is 9.59 Å². The number of halogens is 1. The fraction of sp³-hybridized carbons (Fsp3) is 0.125. The Bertz CT molecular complexity index is 708. The second-order valence-electron chi connectivity index (χ2n) is 4.68. The number of anilines is 2. The van der Waals surface area contributed by atoms with Crippen molar-refractivity contribution in [2.75, 3.05) is 16.8 Å². The molecule has 21 heavy (non-hydrogen) atoms. The minimum atomic E-state index is -0.322. The molecule has 2 amide bonds. The van der Waals surface area contributed by atoms with Crippen LogP contribution in [0.2, 0.25) is 5.02 Å². The molecule has 3 rings (SSSR count). The third-order valence-corrected chi connectivity index (χ3v) is 3.60. The average Bonchev–Trinajstić information content (AvgIpc) is 2.74. The first-order valence-electron chi connectivity index (χ1n) is 6.64. The number of fused-ring (bicyclic) bond motifs is 1. The molecule has 0 atom stereocenters. The van der Waals surface area contributed by atoms with E-state index in [2.05, 4.69) is 5.32 Å². The number of rotatable bonds is 3. The minimum absolute atomic E-state index is 0.322. The maximum absolute atomic E-state index is 12.5. The van der Waals surface area contributed by atoms with Crippen molar-refractivity contribution in [3.05, 3.63) is 58.6 Å². The highest BCUT2D eigenvalue weighted by atomic mass is 35.5. The van der Waals surface area contributed by atoms with E-state index in [0.717, 1.165) is 0 Å². The van der Waals surface area contributed by atoms with Crippen LogP contribution in [0.4, 0.5) is 11.4 Å². The van der Waals surface area contributed by atoms with Crippen LogP contribution in [-0.4, -0.2) is 18.4 Å². The third kappa shape index (κ3) is 2.17. The van der Waals surface area contributed by atoms with Gasteiger partial charge in [0.15, 0.2) is 0 Å². The van der Waals surface area contributed by atoms with E-state index in [1.165, 1.54) is 4.90 Å². The fourth-order valence-corrected chi connectivity index (χ4v) is 2.60. The molecule has 4 nitrogen and oxygen atoms in total. The van der Waals surface area contributed by atoms with Crippen LogP contribution in [0.25, 0.3) is 0 Å². The molecule has 0 radical (unpaired) electrons. The largest absolute Gasteiger partial charge is 0.384 e. The van der Waals surface area contributed by atoms with E-state index >= 15 is 0 Å². The lowest BCUT2D eigenvalue weighted by Crippen LogP contribution is -2.30. The quantitative estimate of drug-likeness (QED) is 0.882. The number of hydrogen-bond donors (Lipinski definition) is 1. The lowest BCUT2D eigenvalue weighted by Gasteiger charge is -2.19. The SMILES string of the molecule is CCNc1ccc(Cl)cc1N1C(=O)c2ccccc2C1=O. The number of imide groups is 1. The van der Waals surface area contributed by atoms with Gasteiger partial charge in [-0.05, 0) is 37.3 Å². The van der Waals surface area contributed by atoms with Crippen molar-refractivity contribution >= 4 is 34.8 Å². The molecule has 0 saturated carbocycles. The highest BCUT2D eigenvalue weighted by Gasteiger charge is 2.37. The lowest BCUT2D eigenvalue weighted by molar-refractivity contribution is 0.0926. The van der Waals surface area contributed by atoms with E-state index in [-0.39, 0.29) is 11.8 Å². The first-order chi connectivity index (χ1) is 10.1. The van der Waals surface area contributed by atoms with Gasteiger partial charge in [-0.2, -0.15) is 0 Å². The summed E-state index contributed by atoms with van der Waals surface area (Å²) in [7, 11) is 0. The number of amides is 2. The van der Waals surface area contributed by atoms with Crippen molar-refractivity contribution in [1.82, 2.24) is 0 Å². The Morgan fingerprint density at radius 3 is 2.24 bits per heavy atom. The number of carbonyl (C=O) groups excluding carboxylic acids is 2. The van der Waals surface area contributed by atoms with Gasteiger partial charge in [-0.1, -0.05) is 23.7 Å². The van der Waals surface area contributed by atoms with E-state index in [1.54, 1.807) is 42.5 Å². The van der Waals surface area contributed by atoms with Gasteiger partial charge < -0.3 is 5.32 Å². The average molecular weight is 301 g/mol. The zero-order chi connectivity index (χ0) is 15.0. The zero-order valence-corrected chi connectivity index (χ0v) is 12.1. The Balaban J connectivity index is 2.13. The van der Waals surface area contributed by atoms with Crippen molar-refractivity contribution in [3.63, 3.8) is 0 Å². The summed E-state index contributed by atoms with van der Waals surface area (Å²) in [6, 6.07) is 11.9. The van der Waals surface area contributed by atoms with E-state index < -0.39 is 0 Å². The molecule has 0 bridgehead atoms. The molecule has 5 heteroatoms. The molecular weight excluding hydrogens is 288 g/mol. The van der Waals surface area contributed by atoms with Crippen LogP contribution in [-0.2, 0) is 0 Å². The van der Waals surface area contributed by atoms with Crippen molar-refractivity contribution in [2.45, 2.75) is 6.92 Å². The summed E-state index contributed by atoms with van der Waals surface area (Å²) in [5, 5.41) is 3.62. The van der Waals surface area contributed by atoms with Gasteiger partial charge in [0.25, 0.3) is 11.8 Å². The molecule has 1 N–H and O–H groups in total. The fourth-order valence-electron chi connectivity index (χ4n) is 2.44. The third-order valence-electron chi connectivity index (χ3n) is 3.36. The summed E-state index contributed by atoms with van der Waals surface area (Å²) in [6.45, 7) is 2.62. The first kappa shape index (κ1) is 13.6. The summed E-state index contributed by atoms with van der Waals surface area (Å²) in [4.78, 5) is 26.2. The van der Waals surface area contributed by atoms with Crippen LogP contribution in [0, 0.1) is 0 Å². The number of nitrogens with zero attached hydrogens (tertiary/aromatic N) is 1. The van der Waals surface area contributed by atoms with Gasteiger partial charge in [0.05, 0.1) is 22.5 Å². The van der Waals surface area contributed by atoms with E-state index in [0.29, 0.717) is 34.1 Å². The highest BCUT2D eigenvalue weighted by Crippen LogP contribution is 2.35. The summed E-state index contributed by atoms with van der Waals surface area (Å²) >= 11 is 6.03. The van der Waals surface area contributed by atoms with Gasteiger partial charge >= 0.3 is 0 Å². The molecule has 0 aromatic heterocycles. The molecule has 0 aliphatic carbocycles. The zero-order valence-electron chi connectivity index (χ0n) is 11.4. The van der Waals surface area contributed by atoms with Crippen LogP contribution in [0.5, 0.6) is 0 Å². The number of hydrogen-bond acceptors (Lipinski definition) is 3. The van der Waals surface area contributed by atoms with Gasteiger partial charge in [-0.3, -0.25) is 9.59 Å². The Kier molecular flexibility index (Phi) is 3.39.